The van der Waals surface area contributed by atoms with E-state index in [0.29, 0.717) is 10.2 Å². The van der Waals surface area contributed by atoms with Gasteiger partial charge in [0.25, 0.3) is 11.8 Å². The van der Waals surface area contributed by atoms with E-state index in [1.54, 1.807) is 6.92 Å². The molecular formula is C21H18BrN5O2. The van der Waals surface area contributed by atoms with Crippen molar-refractivity contribution < 1.29 is 9.59 Å². The molecule has 0 spiro atoms. The van der Waals surface area contributed by atoms with Crippen LogP contribution in [0.4, 0.5) is 17.1 Å². The molecule has 2 aliphatic heterocycles. The second-order valence-electron chi connectivity index (χ2n) is 7.01. The number of carbonyl (C=O) groups excluding carboxylic acids is 2. The first-order chi connectivity index (χ1) is 14.0. The Kier molecular flexibility index (Phi) is 4.92. The predicted molar refractivity (Wildman–Crippen MR) is 112 cm³/mol. The van der Waals surface area contributed by atoms with Gasteiger partial charge in [0.05, 0.1) is 26.9 Å². The molecule has 0 atom stereocenters. The molecule has 0 bridgehead atoms. The van der Waals surface area contributed by atoms with Crippen molar-refractivity contribution in [1.29, 1.82) is 5.26 Å². The number of imide groups is 1. The maximum absolute atomic E-state index is 12.6. The molecule has 2 amide bonds. The van der Waals surface area contributed by atoms with E-state index in [0.717, 1.165) is 24.3 Å². The highest BCUT2D eigenvalue weighted by Gasteiger charge is 2.38. The third-order valence-corrected chi connectivity index (χ3v) is 6.06. The highest BCUT2D eigenvalue weighted by Crippen LogP contribution is 2.40. The number of hydrogen-bond donors (Lipinski definition) is 0. The number of aryl methyl sites for hydroxylation is 1. The van der Waals surface area contributed by atoms with Crippen LogP contribution >= 0.6 is 15.9 Å². The second-order valence-corrected chi connectivity index (χ2v) is 7.81. The summed E-state index contributed by atoms with van der Waals surface area (Å²) in [4.78, 5) is 28.4. The molecule has 0 fully saturated rings. The average Bonchev–Trinajstić information content (AvgIpc) is 2.96. The molecule has 0 aromatic heterocycles. The number of carbonyl (C=O) groups is 2. The summed E-state index contributed by atoms with van der Waals surface area (Å²) >= 11 is 3.38. The van der Waals surface area contributed by atoms with Gasteiger partial charge in [0.1, 0.15) is 11.8 Å². The minimum atomic E-state index is -0.396. The number of nitrogens with zero attached hydrogens (tertiary/aromatic N) is 5. The van der Waals surface area contributed by atoms with E-state index in [1.165, 1.54) is 17.3 Å². The number of rotatable bonds is 3. The lowest BCUT2D eigenvalue weighted by atomic mass is 10.0. The fourth-order valence-corrected chi connectivity index (χ4v) is 4.48. The molecule has 8 heteroatoms. The van der Waals surface area contributed by atoms with Crippen LogP contribution in [-0.4, -0.2) is 36.9 Å². The largest absolute Gasteiger partial charge is 0.374 e. The van der Waals surface area contributed by atoms with Crippen LogP contribution in [0.2, 0.25) is 0 Å². The first-order valence-electron chi connectivity index (χ1n) is 9.34. The van der Waals surface area contributed by atoms with E-state index in [1.807, 2.05) is 18.2 Å². The van der Waals surface area contributed by atoms with Gasteiger partial charge >= 0.3 is 0 Å². The van der Waals surface area contributed by atoms with Crippen molar-refractivity contribution in [3.8, 4) is 6.07 Å². The van der Waals surface area contributed by atoms with Gasteiger partial charge in [-0.15, -0.1) is 5.11 Å². The normalized spacial score (nSPS) is 15.7. The lowest BCUT2D eigenvalue weighted by Gasteiger charge is -2.27. The van der Waals surface area contributed by atoms with Crippen molar-refractivity contribution in [2.24, 2.45) is 10.2 Å². The molecule has 29 heavy (non-hydrogen) atoms. The molecule has 4 rings (SSSR count). The highest BCUT2D eigenvalue weighted by atomic mass is 79.9. The van der Waals surface area contributed by atoms with Crippen molar-refractivity contribution in [2.45, 2.75) is 19.8 Å². The number of anilines is 1. The van der Waals surface area contributed by atoms with Crippen LogP contribution in [0.5, 0.6) is 0 Å². The number of nitriles is 1. The van der Waals surface area contributed by atoms with E-state index in [9.17, 15) is 14.9 Å². The first kappa shape index (κ1) is 19.3. The zero-order valence-electron chi connectivity index (χ0n) is 16.1. The predicted octanol–water partition coefficient (Wildman–Crippen LogP) is 4.73. The Bertz CT molecular complexity index is 1120. The van der Waals surface area contributed by atoms with Gasteiger partial charge in [-0.1, -0.05) is 0 Å². The molecule has 2 aromatic carbocycles. The summed E-state index contributed by atoms with van der Waals surface area (Å²) < 4.78 is 0.322. The molecule has 7 nitrogen and oxygen atoms in total. The zero-order chi connectivity index (χ0) is 20.7. The monoisotopic (exact) mass is 451 g/mol. The Morgan fingerprint density at radius 3 is 2.72 bits per heavy atom. The SMILES string of the molecule is CCN1C(=O)c2cc(C#N)c(N=Nc3ccc4c(c3)CCCN4C)c(Br)c2C1=O. The van der Waals surface area contributed by atoms with Gasteiger partial charge < -0.3 is 4.90 Å². The van der Waals surface area contributed by atoms with Gasteiger partial charge in [0.2, 0.25) is 0 Å². The Hall–Kier alpha value is -3.05. The Labute approximate surface area is 176 Å². The lowest BCUT2D eigenvalue weighted by molar-refractivity contribution is 0.0662. The topological polar surface area (TPSA) is 89.1 Å². The van der Waals surface area contributed by atoms with Gasteiger partial charge in [0, 0.05) is 25.8 Å². The fraction of sp³-hybridized carbons (Fsp3) is 0.286. The summed E-state index contributed by atoms with van der Waals surface area (Å²) in [6.07, 6.45) is 2.07. The molecule has 0 unspecified atom stereocenters. The first-order valence-corrected chi connectivity index (χ1v) is 10.1. The molecule has 0 saturated heterocycles. The highest BCUT2D eigenvalue weighted by molar-refractivity contribution is 9.10. The van der Waals surface area contributed by atoms with Gasteiger partial charge in [-0.25, -0.2) is 0 Å². The molecular weight excluding hydrogens is 434 g/mol. The molecule has 2 aromatic rings. The van der Waals surface area contributed by atoms with E-state index in [2.05, 4.69) is 44.2 Å². The van der Waals surface area contributed by atoms with Crippen molar-refractivity contribution in [1.82, 2.24) is 4.90 Å². The van der Waals surface area contributed by atoms with Crippen LogP contribution in [-0.2, 0) is 6.42 Å². The van der Waals surface area contributed by atoms with Gasteiger partial charge in [-0.05, 0) is 65.5 Å². The van der Waals surface area contributed by atoms with Crippen LogP contribution in [0, 0.1) is 11.3 Å². The van der Waals surface area contributed by atoms with Crippen LogP contribution in [0.25, 0.3) is 0 Å². The summed E-state index contributed by atoms with van der Waals surface area (Å²) in [6, 6.07) is 9.37. The molecule has 0 aliphatic carbocycles. The van der Waals surface area contributed by atoms with Crippen molar-refractivity contribution in [3.05, 3.63) is 51.0 Å². The lowest BCUT2D eigenvalue weighted by Crippen LogP contribution is -2.29. The Morgan fingerprint density at radius 2 is 2.00 bits per heavy atom. The van der Waals surface area contributed by atoms with Crippen LogP contribution in [0.3, 0.4) is 0 Å². The van der Waals surface area contributed by atoms with Crippen molar-refractivity contribution >= 4 is 44.8 Å². The average molecular weight is 452 g/mol. The third kappa shape index (κ3) is 3.12. The fourth-order valence-electron chi connectivity index (χ4n) is 3.80. The van der Waals surface area contributed by atoms with E-state index >= 15 is 0 Å². The quantitative estimate of drug-likeness (QED) is 0.497. The van der Waals surface area contributed by atoms with Gasteiger partial charge in [-0.3, -0.25) is 14.5 Å². The van der Waals surface area contributed by atoms with Gasteiger partial charge in [-0.2, -0.15) is 10.4 Å². The van der Waals surface area contributed by atoms with Crippen LogP contribution in [0.1, 0.15) is 45.2 Å². The number of amides is 2. The van der Waals surface area contributed by atoms with E-state index < -0.39 is 11.8 Å². The summed E-state index contributed by atoms with van der Waals surface area (Å²) in [5, 5.41) is 18.1. The third-order valence-electron chi connectivity index (χ3n) is 5.29. The molecule has 2 heterocycles. The van der Waals surface area contributed by atoms with Crippen molar-refractivity contribution in [3.63, 3.8) is 0 Å². The zero-order valence-corrected chi connectivity index (χ0v) is 17.7. The molecule has 0 radical (unpaired) electrons. The van der Waals surface area contributed by atoms with E-state index in [4.69, 9.17) is 0 Å². The maximum Gasteiger partial charge on any atom is 0.262 e. The standard InChI is InChI=1S/C21H18BrN5O2/c1-3-27-20(28)15-10-13(11-23)19(18(22)17(15)21(27)29)25-24-14-6-7-16-12(9-14)5-4-8-26(16)2/h6-7,9-10H,3-5,8H2,1-2H3. The number of halogens is 1. The number of benzene rings is 2. The molecule has 146 valence electrons. The summed E-state index contributed by atoms with van der Waals surface area (Å²) in [6.45, 7) is 3.03. The van der Waals surface area contributed by atoms with Gasteiger partial charge in [0.15, 0.2) is 0 Å². The number of hydrogen-bond acceptors (Lipinski definition) is 6. The summed E-state index contributed by atoms with van der Waals surface area (Å²) in [5.41, 5.74) is 3.97. The second kappa shape index (κ2) is 7.41. The van der Waals surface area contributed by atoms with Crippen molar-refractivity contribution in [2.75, 3.05) is 25.0 Å². The Balaban J connectivity index is 1.75. The number of azo groups is 1. The Morgan fingerprint density at radius 1 is 1.21 bits per heavy atom. The smallest absolute Gasteiger partial charge is 0.262 e. The maximum atomic E-state index is 12.6. The van der Waals surface area contributed by atoms with Crippen LogP contribution in [0.15, 0.2) is 39.0 Å². The minimum absolute atomic E-state index is 0.191. The van der Waals surface area contributed by atoms with E-state index in [-0.39, 0.29) is 28.9 Å². The molecule has 0 saturated carbocycles. The minimum Gasteiger partial charge on any atom is -0.374 e. The van der Waals surface area contributed by atoms with Crippen LogP contribution < -0.4 is 4.90 Å². The number of fused-ring (bicyclic) bond motifs is 2. The summed E-state index contributed by atoms with van der Waals surface area (Å²) in [5.74, 6) is -0.788. The molecule has 2 aliphatic rings. The molecule has 0 N–H and O–H groups in total. The summed E-state index contributed by atoms with van der Waals surface area (Å²) in [7, 11) is 2.07.